The van der Waals surface area contributed by atoms with Gasteiger partial charge in [0.1, 0.15) is 5.69 Å². The van der Waals surface area contributed by atoms with Crippen LogP contribution < -0.4 is 15.8 Å². The summed E-state index contributed by atoms with van der Waals surface area (Å²) in [5.74, 6) is -0.668. The SMILES string of the molecule is O=C(CCc1c[nH]c2ccccc12)NNC(=O)c1csc(N2CCOCC2)n1. The molecule has 1 fully saturated rings. The number of carbonyl (C=O) groups excluding carboxylic acids is 2. The minimum absolute atomic E-state index is 0.248. The predicted octanol–water partition coefficient (Wildman–Crippen LogP) is 1.85. The van der Waals surface area contributed by atoms with E-state index < -0.39 is 5.91 Å². The summed E-state index contributed by atoms with van der Waals surface area (Å²) in [6.45, 7) is 2.85. The minimum atomic E-state index is -0.420. The van der Waals surface area contributed by atoms with E-state index in [-0.39, 0.29) is 12.3 Å². The second-order valence-corrected chi connectivity index (χ2v) is 7.31. The molecule has 9 heteroatoms. The molecule has 1 saturated heterocycles. The summed E-state index contributed by atoms with van der Waals surface area (Å²) in [7, 11) is 0. The molecule has 1 aliphatic rings. The predicted molar refractivity (Wildman–Crippen MR) is 107 cm³/mol. The Balaban J connectivity index is 1.26. The van der Waals surface area contributed by atoms with Gasteiger partial charge in [-0.15, -0.1) is 11.3 Å². The quantitative estimate of drug-likeness (QED) is 0.569. The number of anilines is 1. The molecule has 146 valence electrons. The van der Waals surface area contributed by atoms with Crippen LogP contribution in [0, 0.1) is 0 Å². The van der Waals surface area contributed by atoms with Gasteiger partial charge in [-0.25, -0.2) is 4.98 Å². The third-order valence-electron chi connectivity index (χ3n) is 4.62. The van der Waals surface area contributed by atoms with Crippen LogP contribution in [0.1, 0.15) is 22.5 Å². The maximum atomic E-state index is 12.2. The Morgan fingerprint density at radius 3 is 2.89 bits per heavy atom. The lowest BCUT2D eigenvalue weighted by Crippen LogP contribution is -2.42. The van der Waals surface area contributed by atoms with Crippen molar-refractivity contribution in [3.63, 3.8) is 0 Å². The number of nitrogens with one attached hydrogen (secondary N) is 3. The van der Waals surface area contributed by atoms with E-state index >= 15 is 0 Å². The van der Waals surface area contributed by atoms with Crippen LogP contribution in [0.5, 0.6) is 0 Å². The molecule has 28 heavy (non-hydrogen) atoms. The van der Waals surface area contributed by atoms with Crippen LogP contribution in [-0.2, 0) is 16.0 Å². The highest BCUT2D eigenvalue weighted by atomic mass is 32.1. The molecule has 0 atom stereocenters. The lowest BCUT2D eigenvalue weighted by atomic mass is 10.1. The van der Waals surface area contributed by atoms with E-state index in [0.29, 0.717) is 25.3 Å². The molecule has 0 bridgehead atoms. The first-order chi connectivity index (χ1) is 13.7. The van der Waals surface area contributed by atoms with Crippen molar-refractivity contribution in [2.24, 2.45) is 0 Å². The van der Waals surface area contributed by atoms with Gasteiger partial charge in [-0.2, -0.15) is 0 Å². The van der Waals surface area contributed by atoms with Crippen LogP contribution in [0.3, 0.4) is 0 Å². The van der Waals surface area contributed by atoms with E-state index in [4.69, 9.17) is 4.74 Å². The smallest absolute Gasteiger partial charge is 0.289 e. The van der Waals surface area contributed by atoms with E-state index in [1.165, 1.54) is 11.3 Å². The van der Waals surface area contributed by atoms with Crippen molar-refractivity contribution in [2.45, 2.75) is 12.8 Å². The third kappa shape index (κ3) is 4.15. The fourth-order valence-electron chi connectivity index (χ4n) is 3.11. The summed E-state index contributed by atoms with van der Waals surface area (Å²) >= 11 is 1.41. The minimum Gasteiger partial charge on any atom is -0.378 e. The average Bonchev–Trinajstić information content (AvgIpc) is 3.39. The maximum absolute atomic E-state index is 12.2. The molecular weight excluding hydrogens is 378 g/mol. The highest BCUT2D eigenvalue weighted by Gasteiger charge is 2.17. The van der Waals surface area contributed by atoms with Crippen molar-refractivity contribution >= 4 is 39.2 Å². The lowest BCUT2D eigenvalue weighted by molar-refractivity contribution is -0.121. The van der Waals surface area contributed by atoms with Crippen LogP contribution in [0.25, 0.3) is 10.9 Å². The van der Waals surface area contributed by atoms with Crippen molar-refractivity contribution in [3.05, 3.63) is 47.1 Å². The lowest BCUT2D eigenvalue weighted by Gasteiger charge is -2.25. The Kier molecular flexibility index (Phi) is 5.54. The zero-order valence-corrected chi connectivity index (χ0v) is 16.1. The Morgan fingerprint density at radius 2 is 2.04 bits per heavy atom. The summed E-state index contributed by atoms with van der Waals surface area (Å²) in [5, 5.41) is 3.59. The number of aryl methyl sites for hydroxylation is 1. The molecule has 2 aromatic heterocycles. The van der Waals surface area contributed by atoms with Crippen molar-refractivity contribution in [3.8, 4) is 0 Å². The van der Waals surface area contributed by atoms with Gasteiger partial charge in [-0.3, -0.25) is 20.4 Å². The fourth-order valence-corrected chi connectivity index (χ4v) is 3.97. The molecule has 1 aliphatic heterocycles. The zero-order chi connectivity index (χ0) is 19.3. The number of carbonyl (C=O) groups is 2. The van der Waals surface area contributed by atoms with E-state index in [0.717, 1.165) is 34.7 Å². The van der Waals surface area contributed by atoms with Crippen molar-refractivity contribution < 1.29 is 14.3 Å². The van der Waals surface area contributed by atoms with Crippen molar-refractivity contribution in [2.75, 3.05) is 31.2 Å². The normalized spacial score (nSPS) is 14.2. The summed E-state index contributed by atoms with van der Waals surface area (Å²) in [6, 6.07) is 7.96. The van der Waals surface area contributed by atoms with Crippen LogP contribution >= 0.6 is 11.3 Å². The molecule has 8 nitrogen and oxygen atoms in total. The number of aromatic amines is 1. The van der Waals surface area contributed by atoms with Gasteiger partial charge < -0.3 is 14.6 Å². The Hall–Kier alpha value is -2.91. The van der Waals surface area contributed by atoms with Crippen molar-refractivity contribution in [1.82, 2.24) is 20.8 Å². The number of hydrogen-bond donors (Lipinski definition) is 3. The van der Waals surface area contributed by atoms with E-state index in [9.17, 15) is 9.59 Å². The van der Waals surface area contributed by atoms with Crippen LogP contribution in [0.15, 0.2) is 35.8 Å². The fraction of sp³-hybridized carbons (Fsp3) is 0.316. The average molecular weight is 399 g/mol. The summed E-state index contributed by atoms with van der Waals surface area (Å²) in [5.41, 5.74) is 7.32. The Morgan fingerprint density at radius 1 is 1.21 bits per heavy atom. The number of morpholine rings is 1. The van der Waals surface area contributed by atoms with E-state index in [2.05, 4.69) is 25.7 Å². The van der Waals surface area contributed by atoms with Crippen LogP contribution in [-0.4, -0.2) is 48.1 Å². The topological polar surface area (TPSA) is 99.4 Å². The van der Waals surface area contributed by atoms with Gasteiger partial charge in [0.05, 0.1) is 13.2 Å². The molecule has 0 unspecified atom stereocenters. The number of hydrazine groups is 1. The number of benzene rings is 1. The number of ether oxygens (including phenoxy) is 1. The molecule has 3 aromatic rings. The number of hydrogen-bond acceptors (Lipinski definition) is 6. The van der Waals surface area contributed by atoms with Crippen LogP contribution in [0.2, 0.25) is 0 Å². The standard InChI is InChI=1S/C19H21N5O3S/c25-17(6-5-13-11-20-15-4-2-1-3-14(13)15)22-23-18(26)16-12-28-19(21-16)24-7-9-27-10-8-24/h1-4,11-12,20H,5-10H2,(H,22,25)(H,23,26). The van der Waals surface area contributed by atoms with Gasteiger partial charge in [0.25, 0.3) is 5.91 Å². The maximum Gasteiger partial charge on any atom is 0.289 e. The zero-order valence-electron chi connectivity index (χ0n) is 15.2. The molecule has 4 rings (SSSR count). The molecule has 0 saturated carbocycles. The van der Waals surface area contributed by atoms with Gasteiger partial charge in [0, 0.05) is 42.0 Å². The van der Waals surface area contributed by atoms with E-state index in [1.807, 2.05) is 30.5 Å². The second-order valence-electron chi connectivity index (χ2n) is 6.48. The number of amides is 2. The first kappa shape index (κ1) is 18.5. The summed E-state index contributed by atoms with van der Waals surface area (Å²) in [6.07, 6.45) is 2.78. The monoisotopic (exact) mass is 399 g/mol. The Labute approximate surface area is 165 Å². The van der Waals surface area contributed by atoms with Crippen LogP contribution in [0.4, 0.5) is 5.13 Å². The van der Waals surface area contributed by atoms with Gasteiger partial charge in [0.15, 0.2) is 5.13 Å². The molecule has 3 N–H and O–H groups in total. The number of thiazole rings is 1. The largest absolute Gasteiger partial charge is 0.378 e. The van der Waals surface area contributed by atoms with Gasteiger partial charge >= 0.3 is 0 Å². The number of nitrogens with zero attached hydrogens (tertiary/aromatic N) is 2. The van der Waals surface area contributed by atoms with Crippen molar-refractivity contribution in [1.29, 1.82) is 0 Å². The summed E-state index contributed by atoms with van der Waals surface area (Å²) in [4.78, 5) is 33.9. The molecule has 0 spiro atoms. The second kappa shape index (κ2) is 8.41. The van der Waals surface area contributed by atoms with Gasteiger partial charge in [0.2, 0.25) is 5.91 Å². The molecule has 0 aliphatic carbocycles. The number of aromatic nitrogens is 2. The number of rotatable bonds is 5. The number of H-pyrrole nitrogens is 1. The summed E-state index contributed by atoms with van der Waals surface area (Å²) < 4.78 is 5.32. The van der Waals surface area contributed by atoms with E-state index in [1.54, 1.807) is 5.38 Å². The number of para-hydroxylation sites is 1. The Bertz CT molecular complexity index is 977. The third-order valence-corrected chi connectivity index (χ3v) is 5.52. The molecule has 0 radical (unpaired) electrons. The first-order valence-electron chi connectivity index (χ1n) is 9.13. The molecular formula is C19H21N5O3S. The molecule has 3 heterocycles. The number of fused-ring (bicyclic) bond motifs is 1. The van der Waals surface area contributed by atoms with Gasteiger partial charge in [-0.05, 0) is 18.1 Å². The molecule has 1 aromatic carbocycles. The highest BCUT2D eigenvalue weighted by Crippen LogP contribution is 2.21. The highest BCUT2D eigenvalue weighted by molar-refractivity contribution is 7.13. The first-order valence-corrected chi connectivity index (χ1v) is 10.0. The van der Waals surface area contributed by atoms with Gasteiger partial charge in [-0.1, -0.05) is 18.2 Å². The molecule has 2 amide bonds.